The zero-order valence-electron chi connectivity index (χ0n) is 10.2. The molecule has 2 rings (SSSR count). The maximum atomic E-state index is 6.14. The van der Waals surface area contributed by atoms with E-state index >= 15 is 0 Å². The molecule has 0 spiro atoms. The van der Waals surface area contributed by atoms with Gasteiger partial charge >= 0.3 is 0 Å². The highest BCUT2D eigenvalue weighted by Gasteiger charge is 2.06. The fourth-order valence-electron chi connectivity index (χ4n) is 1.61. The molecule has 1 unspecified atom stereocenters. The van der Waals surface area contributed by atoms with Crippen LogP contribution in [0.15, 0.2) is 46.7 Å². The minimum absolute atomic E-state index is 0.505. The van der Waals surface area contributed by atoms with Gasteiger partial charge in [-0.25, -0.2) is 0 Å². The van der Waals surface area contributed by atoms with Crippen molar-refractivity contribution in [2.75, 3.05) is 6.54 Å². The van der Waals surface area contributed by atoms with Crippen molar-refractivity contribution >= 4 is 34.7 Å². The SMILES string of the molecule is CC(CNCc1cccs1)Sc1ccccc1Cl. The monoisotopic (exact) mass is 297 g/mol. The lowest BCUT2D eigenvalue weighted by molar-refractivity contribution is 0.690. The van der Waals surface area contributed by atoms with Crippen LogP contribution in [0.1, 0.15) is 11.8 Å². The second-order valence-corrected chi connectivity index (χ2v) is 6.99. The Hall–Kier alpha value is -0.480. The van der Waals surface area contributed by atoms with Gasteiger partial charge in [0.1, 0.15) is 0 Å². The quantitative estimate of drug-likeness (QED) is 0.778. The Balaban J connectivity index is 1.75. The molecule has 0 saturated heterocycles. The Morgan fingerprint density at radius 2 is 2.11 bits per heavy atom. The first kappa shape index (κ1) is 13.9. The molecular formula is C14H16ClNS2. The van der Waals surface area contributed by atoms with Gasteiger partial charge in [0.2, 0.25) is 0 Å². The smallest absolute Gasteiger partial charge is 0.0541 e. The molecule has 0 fully saturated rings. The summed E-state index contributed by atoms with van der Waals surface area (Å²) in [6.45, 7) is 4.15. The third-order valence-electron chi connectivity index (χ3n) is 2.48. The molecule has 0 aliphatic rings. The lowest BCUT2D eigenvalue weighted by Gasteiger charge is -2.12. The zero-order valence-corrected chi connectivity index (χ0v) is 12.6. The second kappa shape index (κ2) is 7.19. The molecule has 2 aromatic rings. The molecule has 0 saturated carbocycles. The molecule has 1 nitrogen and oxygen atoms in total. The number of thioether (sulfide) groups is 1. The molecule has 4 heteroatoms. The number of hydrogen-bond acceptors (Lipinski definition) is 3. The number of benzene rings is 1. The van der Waals surface area contributed by atoms with E-state index in [0.717, 1.165) is 23.0 Å². The highest BCUT2D eigenvalue weighted by molar-refractivity contribution is 8.00. The minimum Gasteiger partial charge on any atom is -0.311 e. The van der Waals surface area contributed by atoms with E-state index in [0.29, 0.717) is 5.25 Å². The van der Waals surface area contributed by atoms with Crippen LogP contribution in [0.25, 0.3) is 0 Å². The molecule has 0 amide bonds. The normalized spacial score (nSPS) is 12.6. The van der Waals surface area contributed by atoms with E-state index in [1.54, 1.807) is 11.3 Å². The second-order valence-electron chi connectivity index (χ2n) is 4.07. The van der Waals surface area contributed by atoms with Gasteiger partial charge in [-0.05, 0) is 23.6 Å². The topological polar surface area (TPSA) is 12.0 Å². The average molecular weight is 298 g/mol. The van der Waals surface area contributed by atoms with Gasteiger partial charge in [-0.15, -0.1) is 23.1 Å². The first-order valence-corrected chi connectivity index (χ1v) is 8.03. The molecule has 1 aromatic carbocycles. The van der Waals surface area contributed by atoms with Gasteiger partial charge in [0.25, 0.3) is 0 Å². The van der Waals surface area contributed by atoms with Crippen molar-refractivity contribution < 1.29 is 0 Å². The Kier molecular flexibility index (Phi) is 5.57. The maximum absolute atomic E-state index is 6.14. The Labute approximate surface area is 122 Å². The Morgan fingerprint density at radius 1 is 1.28 bits per heavy atom. The molecule has 1 atom stereocenters. The lowest BCUT2D eigenvalue weighted by Crippen LogP contribution is -2.21. The van der Waals surface area contributed by atoms with E-state index in [1.165, 1.54) is 4.88 Å². The minimum atomic E-state index is 0.505. The third-order valence-corrected chi connectivity index (χ3v) is 4.97. The van der Waals surface area contributed by atoms with Gasteiger partial charge in [0.15, 0.2) is 0 Å². The summed E-state index contributed by atoms with van der Waals surface area (Å²) in [6.07, 6.45) is 0. The molecule has 96 valence electrons. The molecule has 1 aromatic heterocycles. The van der Waals surface area contributed by atoms with Crippen LogP contribution in [0.2, 0.25) is 5.02 Å². The summed E-state index contributed by atoms with van der Waals surface area (Å²) in [5.41, 5.74) is 0. The fourth-order valence-corrected chi connectivity index (χ4v) is 3.53. The third kappa shape index (κ3) is 4.32. The van der Waals surface area contributed by atoms with Gasteiger partial charge < -0.3 is 5.32 Å². The van der Waals surface area contributed by atoms with Crippen LogP contribution in [-0.4, -0.2) is 11.8 Å². The Morgan fingerprint density at radius 3 is 2.83 bits per heavy atom. The van der Waals surface area contributed by atoms with Crippen molar-refractivity contribution in [1.82, 2.24) is 5.32 Å². The number of rotatable bonds is 6. The van der Waals surface area contributed by atoms with E-state index < -0.39 is 0 Å². The summed E-state index contributed by atoms with van der Waals surface area (Å²) in [5.74, 6) is 0. The molecule has 0 bridgehead atoms. The number of nitrogens with one attached hydrogen (secondary N) is 1. The van der Waals surface area contributed by atoms with Crippen LogP contribution in [0.5, 0.6) is 0 Å². The van der Waals surface area contributed by atoms with Crippen LogP contribution in [0.3, 0.4) is 0 Å². The fraction of sp³-hybridized carbons (Fsp3) is 0.286. The van der Waals surface area contributed by atoms with Gasteiger partial charge in [-0.2, -0.15) is 0 Å². The van der Waals surface area contributed by atoms with Crippen molar-refractivity contribution in [1.29, 1.82) is 0 Å². The van der Waals surface area contributed by atoms with E-state index in [-0.39, 0.29) is 0 Å². The van der Waals surface area contributed by atoms with Crippen LogP contribution >= 0.6 is 34.7 Å². The molecule has 1 heterocycles. The van der Waals surface area contributed by atoms with Crippen LogP contribution in [0.4, 0.5) is 0 Å². The van der Waals surface area contributed by atoms with Gasteiger partial charge in [-0.3, -0.25) is 0 Å². The van der Waals surface area contributed by atoms with Crippen molar-refractivity contribution in [3.63, 3.8) is 0 Å². The molecule has 18 heavy (non-hydrogen) atoms. The number of thiophene rings is 1. The van der Waals surface area contributed by atoms with E-state index in [1.807, 2.05) is 30.0 Å². The predicted molar refractivity (Wildman–Crippen MR) is 82.8 cm³/mol. The summed E-state index contributed by atoms with van der Waals surface area (Å²) in [5, 5.41) is 6.93. The van der Waals surface area contributed by atoms with Gasteiger partial charge in [0, 0.05) is 28.1 Å². The van der Waals surface area contributed by atoms with E-state index in [9.17, 15) is 0 Å². The largest absolute Gasteiger partial charge is 0.311 e. The molecule has 0 aliphatic carbocycles. The van der Waals surface area contributed by atoms with Crippen molar-refractivity contribution in [3.8, 4) is 0 Å². The zero-order chi connectivity index (χ0) is 12.8. The Bertz CT molecular complexity index is 470. The summed E-state index contributed by atoms with van der Waals surface area (Å²) < 4.78 is 0. The van der Waals surface area contributed by atoms with E-state index in [2.05, 4.69) is 35.8 Å². The standard InChI is InChI=1S/C14H16ClNS2/c1-11(9-16-10-12-5-4-8-17-12)18-14-7-3-2-6-13(14)15/h2-8,11,16H,9-10H2,1H3. The molecular weight excluding hydrogens is 282 g/mol. The summed E-state index contributed by atoms with van der Waals surface area (Å²) in [4.78, 5) is 2.54. The first-order valence-electron chi connectivity index (χ1n) is 5.90. The van der Waals surface area contributed by atoms with Crippen molar-refractivity contribution in [2.45, 2.75) is 23.6 Å². The maximum Gasteiger partial charge on any atom is 0.0541 e. The van der Waals surface area contributed by atoms with Crippen LogP contribution in [-0.2, 0) is 6.54 Å². The summed E-state index contributed by atoms with van der Waals surface area (Å²) in [6, 6.07) is 12.2. The van der Waals surface area contributed by atoms with Crippen molar-refractivity contribution in [3.05, 3.63) is 51.7 Å². The lowest BCUT2D eigenvalue weighted by atomic mass is 10.4. The molecule has 0 aliphatic heterocycles. The first-order chi connectivity index (χ1) is 8.75. The van der Waals surface area contributed by atoms with Gasteiger partial charge in [-0.1, -0.05) is 36.7 Å². The summed E-state index contributed by atoms with van der Waals surface area (Å²) >= 11 is 9.75. The highest BCUT2D eigenvalue weighted by atomic mass is 35.5. The van der Waals surface area contributed by atoms with Gasteiger partial charge in [0.05, 0.1) is 5.02 Å². The van der Waals surface area contributed by atoms with E-state index in [4.69, 9.17) is 11.6 Å². The summed E-state index contributed by atoms with van der Waals surface area (Å²) in [7, 11) is 0. The van der Waals surface area contributed by atoms with Crippen LogP contribution in [0, 0.1) is 0 Å². The number of hydrogen-bond donors (Lipinski definition) is 1. The highest BCUT2D eigenvalue weighted by Crippen LogP contribution is 2.29. The molecule has 0 radical (unpaired) electrons. The van der Waals surface area contributed by atoms with Crippen molar-refractivity contribution in [2.24, 2.45) is 0 Å². The average Bonchev–Trinajstić information content (AvgIpc) is 2.85. The number of halogens is 1. The predicted octanol–water partition coefficient (Wildman–Crippen LogP) is 4.67. The molecule has 1 N–H and O–H groups in total. The van der Waals surface area contributed by atoms with Crippen LogP contribution < -0.4 is 5.32 Å².